The maximum atomic E-state index is 10.00. The van der Waals surface area contributed by atoms with Gasteiger partial charge in [0.2, 0.25) is 0 Å². The number of hydrogen-bond donors (Lipinski definition) is 1. The molecule has 0 heterocycles. The standard InChI is InChI=1S/C6H14O5S.Ca.2H/c1-2-3-4-10-5-6-11-12(7,8)9;;;/h2-6H2,1H3,(H,7,8,9);;;/q;+2;2*-1. The van der Waals surface area contributed by atoms with Crippen molar-refractivity contribution in [3.05, 3.63) is 0 Å². The molecule has 0 spiro atoms. The second-order valence-corrected chi connectivity index (χ2v) is 3.31. The van der Waals surface area contributed by atoms with Crippen molar-refractivity contribution >= 4 is 48.1 Å². The van der Waals surface area contributed by atoms with E-state index in [1.165, 1.54) is 0 Å². The summed E-state index contributed by atoms with van der Waals surface area (Å²) in [6.07, 6.45) is 1.96. The zero-order valence-corrected chi connectivity index (χ0v) is 10.8. The van der Waals surface area contributed by atoms with Crippen LogP contribution in [0.5, 0.6) is 0 Å². The van der Waals surface area contributed by atoms with Gasteiger partial charge < -0.3 is 7.59 Å². The van der Waals surface area contributed by atoms with Gasteiger partial charge in [0.05, 0.1) is 13.2 Å². The summed E-state index contributed by atoms with van der Waals surface area (Å²) in [5, 5.41) is 0. The van der Waals surface area contributed by atoms with Gasteiger partial charge >= 0.3 is 48.1 Å². The Morgan fingerprint density at radius 2 is 1.92 bits per heavy atom. The molecule has 1 N–H and O–H groups in total. The molecule has 0 aromatic carbocycles. The summed E-state index contributed by atoms with van der Waals surface area (Å²) >= 11 is 0. The van der Waals surface area contributed by atoms with E-state index in [-0.39, 0.29) is 53.8 Å². The van der Waals surface area contributed by atoms with E-state index in [1.54, 1.807) is 0 Å². The van der Waals surface area contributed by atoms with Crippen LogP contribution in [0.4, 0.5) is 0 Å². The van der Waals surface area contributed by atoms with Crippen LogP contribution < -0.4 is 0 Å². The third-order valence-electron chi connectivity index (χ3n) is 1.10. The summed E-state index contributed by atoms with van der Waals surface area (Å²) in [5.74, 6) is 0. The van der Waals surface area contributed by atoms with Crippen molar-refractivity contribution < 1.29 is 24.7 Å². The second kappa shape index (κ2) is 9.64. The summed E-state index contributed by atoms with van der Waals surface area (Å²) in [6.45, 7) is 2.66. The summed E-state index contributed by atoms with van der Waals surface area (Å²) in [7, 11) is -4.30. The van der Waals surface area contributed by atoms with E-state index in [0.29, 0.717) is 6.61 Å². The largest absolute Gasteiger partial charge is 2.00 e. The molecular formula is C6H16CaO5S. The summed E-state index contributed by atoms with van der Waals surface area (Å²) < 4.78 is 37.1. The molecule has 0 aromatic rings. The van der Waals surface area contributed by atoms with Gasteiger partial charge in [0, 0.05) is 6.61 Å². The molecule has 13 heavy (non-hydrogen) atoms. The molecule has 78 valence electrons. The molecule has 0 unspecified atom stereocenters. The molecule has 0 radical (unpaired) electrons. The van der Waals surface area contributed by atoms with Gasteiger partial charge in [-0.25, -0.2) is 4.18 Å². The normalized spacial score (nSPS) is 10.9. The molecule has 0 atom stereocenters. The first-order valence-electron chi connectivity index (χ1n) is 3.76. The van der Waals surface area contributed by atoms with Crippen LogP contribution in [0.15, 0.2) is 0 Å². The van der Waals surface area contributed by atoms with Crippen molar-refractivity contribution in [2.75, 3.05) is 19.8 Å². The summed E-state index contributed by atoms with van der Waals surface area (Å²) in [4.78, 5) is 0. The van der Waals surface area contributed by atoms with Crippen LogP contribution in [0.1, 0.15) is 22.6 Å². The number of unbranched alkanes of at least 4 members (excludes halogenated alkanes) is 1. The van der Waals surface area contributed by atoms with Gasteiger partial charge in [-0.2, -0.15) is 8.42 Å². The minimum absolute atomic E-state index is 0. The fraction of sp³-hybridized carbons (Fsp3) is 1.00. The Morgan fingerprint density at radius 3 is 2.38 bits per heavy atom. The van der Waals surface area contributed by atoms with E-state index in [9.17, 15) is 8.42 Å². The van der Waals surface area contributed by atoms with Crippen LogP contribution in [0.2, 0.25) is 0 Å². The van der Waals surface area contributed by atoms with Crippen LogP contribution in [0.25, 0.3) is 0 Å². The zero-order valence-electron chi connectivity index (χ0n) is 9.73. The van der Waals surface area contributed by atoms with Gasteiger partial charge in [-0.3, -0.25) is 4.55 Å². The van der Waals surface area contributed by atoms with Crippen LogP contribution in [-0.2, 0) is 19.3 Å². The van der Waals surface area contributed by atoms with E-state index < -0.39 is 10.4 Å². The molecule has 0 aliphatic rings. The van der Waals surface area contributed by atoms with Gasteiger partial charge in [-0.1, -0.05) is 13.3 Å². The average Bonchev–Trinajstić information content (AvgIpc) is 1.94. The van der Waals surface area contributed by atoms with Crippen molar-refractivity contribution in [3.8, 4) is 0 Å². The van der Waals surface area contributed by atoms with Crippen LogP contribution in [-0.4, -0.2) is 70.5 Å². The van der Waals surface area contributed by atoms with Crippen molar-refractivity contribution in [2.24, 2.45) is 0 Å². The first-order valence-corrected chi connectivity index (χ1v) is 5.12. The molecule has 0 aromatic heterocycles. The first kappa shape index (κ1) is 16.5. The molecular weight excluding hydrogens is 224 g/mol. The maximum absolute atomic E-state index is 10.00. The molecule has 0 fully saturated rings. The van der Waals surface area contributed by atoms with E-state index in [4.69, 9.17) is 9.29 Å². The number of hydrogen-bond acceptors (Lipinski definition) is 4. The second-order valence-electron chi connectivity index (χ2n) is 2.22. The SMILES string of the molecule is CCCCOCCOS(=O)(=O)O.[Ca+2].[H-].[H-]. The van der Waals surface area contributed by atoms with E-state index >= 15 is 0 Å². The quantitative estimate of drug-likeness (QED) is 0.398. The van der Waals surface area contributed by atoms with Crippen molar-refractivity contribution in [2.45, 2.75) is 19.8 Å². The van der Waals surface area contributed by atoms with E-state index in [0.717, 1.165) is 12.8 Å². The molecule has 0 rings (SSSR count). The number of ether oxygens (including phenoxy) is 1. The van der Waals surface area contributed by atoms with Gasteiger partial charge in [0.25, 0.3) is 0 Å². The Balaban J connectivity index is -0.000000202. The van der Waals surface area contributed by atoms with Crippen LogP contribution >= 0.6 is 0 Å². The Labute approximate surface area is 112 Å². The van der Waals surface area contributed by atoms with Crippen LogP contribution in [0, 0.1) is 0 Å². The summed E-state index contributed by atoms with van der Waals surface area (Å²) in [5.41, 5.74) is 0. The molecule has 0 saturated heterocycles. The van der Waals surface area contributed by atoms with Crippen LogP contribution in [0.3, 0.4) is 0 Å². The fourth-order valence-electron chi connectivity index (χ4n) is 0.547. The molecule has 0 aliphatic heterocycles. The fourth-order valence-corrected chi connectivity index (χ4v) is 0.825. The molecule has 0 saturated carbocycles. The van der Waals surface area contributed by atoms with Crippen molar-refractivity contribution in [1.29, 1.82) is 0 Å². The van der Waals surface area contributed by atoms with E-state index in [1.807, 2.05) is 6.92 Å². The topological polar surface area (TPSA) is 72.8 Å². The Morgan fingerprint density at radius 1 is 1.31 bits per heavy atom. The molecule has 5 nitrogen and oxygen atoms in total. The Bertz CT molecular complexity index is 200. The third kappa shape index (κ3) is 15.8. The minimum Gasteiger partial charge on any atom is -1.00 e. The first-order chi connectivity index (χ1) is 5.56. The number of rotatable bonds is 7. The van der Waals surface area contributed by atoms with Gasteiger partial charge in [-0.05, 0) is 6.42 Å². The average molecular weight is 240 g/mol. The van der Waals surface area contributed by atoms with E-state index in [2.05, 4.69) is 4.18 Å². The molecule has 0 aliphatic carbocycles. The molecule has 7 heteroatoms. The monoisotopic (exact) mass is 240 g/mol. The molecule has 0 bridgehead atoms. The third-order valence-corrected chi connectivity index (χ3v) is 1.57. The predicted molar refractivity (Wildman–Crippen MR) is 51.2 cm³/mol. The Kier molecular flexibility index (Phi) is 12.2. The minimum atomic E-state index is -4.30. The zero-order chi connectivity index (χ0) is 9.45. The van der Waals surface area contributed by atoms with Gasteiger partial charge in [0.1, 0.15) is 0 Å². The van der Waals surface area contributed by atoms with Gasteiger partial charge in [-0.15, -0.1) is 0 Å². The Hall–Kier alpha value is 1.09. The predicted octanol–water partition coefficient (Wildman–Crippen LogP) is 0.467. The van der Waals surface area contributed by atoms with Crippen molar-refractivity contribution in [3.63, 3.8) is 0 Å². The van der Waals surface area contributed by atoms with Crippen molar-refractivity contribution in [1.82, 2.24) is 0 Å². The maximum Gasteiger partial charge on any atom is 2.00 e. The van der Waals surface area contributed by atoms with Gasteiger partial charge in [0.15, 0.2) is 0 Å². The molecule has 0 amide bonds. The smallest absolute Gasteiger partial charge is 1.00 e. The summed E-state index contributed by atoms with van der Waals surface area (Å²) in [6, 6.07) is 0.